The van der Waals surface area contributed by atoms with Crippen LogP contribution in [-0.4, -0.2) is 31.1 Å². The van der Waals surface area contributed by atoms with Crippen molar-refractivity contribution < 1.29 is 19.5 Å². The zero-order chi connectivity index (χ0) is 15.0. The van der Waals surface area contributed by atoms with E-state index in [0.29, 0.717) is 0 Å². The van der Waals surface area contributed by atoms with E-state index in [9.17, 15) is 0 Å². The Balaban J connectivity index is 0.00000192. The Bertz CT molecular complexity index is 568. The molecule has 4 heteroatoms. The normalized spacial score (nSPS) is 16.0. The van der Waals surface area contributed by atoms with Gasteiger partial charge in [0.05, 0.1) is 0 Å². The maximum absolute atomic E-state index is 4.57. The molecule has 114 valence electrons. The molecule has 23 heavy (non-hydrogen) atoms. The topological polar surface area (TPSA) is 31.4 Å². The van der Waals surface area contributed by atoms with E-state index in [1.165, 1.54) is 5.56 Å². The summed E-state index contributed by atoms with van der Waals surface area (Å²) in [5, 5.41) is 9.15. The van der Waals surface area contributed by atoms with Gasteiger partial charge in [0.25, 0.3) is 0 Å². The van der Waals surface area contributed by atoms with Gasteiger partial charge in [-0.2, -0.15) is 0 Å². The maximum atomic E-state index is 4.57. The molecular formula is C19H21N3Zn. The van der Waals surface area contributed by atoms with E-state index in [0.717, 1.165) is 44.1 Å². The molecular weight excluding hydrogens is 336 g/mol. The number of benzene rings is 1. The molecule has 3 nitrogen and oxygen atoms in total. The van der Waals surface area contributed by atoms with Crippen LogP contribution in [0.3, 0.4) is 0 Å². The van der Waals surface area contributed by atoms with Crippen molar-refractivity contribution in [2.24, 2.45) is 0 Å². The minimum Gasteiger partial charge on any atom is -0.684 e. The molecule has 2 heterocycles. The predicted octanol–water partition coefficient (Wildman–Crippen LogP) is 4.14. The fourth-order valence-electron chi connectivity index (χ4n) is 2.60. The molecule has 0 saturated heterocycles. The van der Waals surface area contributed by atoms with Crippen LogP contribution < -0.4 is 0 Å². The van der Waals surface area contributed by atoms with Crippen LogP contribution in [0.4, 0.5) is 0 Å². The number of rotatable bonds is 6. The molecule has 1 aromatic carbocycles. The summed E-state index contributed by atoms with van der Waals surface area (Å²) >= 11 is 0. The van der Waals surface area contributed by atoms with Crippen molar-refractivity contribution in [2.75, 3.05) is 26.2 Å². The minimum atomic E-state index is 0. The summed E-state index contributed by atoms with van der Waals surface area (Å²) in [6, 6.07) is 10.6. The second-order valence-electron chi connectivity index (χ2n) is 5.48. The molecule has 0 bridgehead atoms. The van der Waals surface area contributed by atoms with E-state index in [-0.39, 0.29) is 19.5 Å². The standard InChI is InChI=1S/C19H21N3.Zn/c1-2-8-17(9-3-1)14-22(15-18-10-4-6-12-20-18)16-19-11-5-7-13-21-19;/h1-11H,12-16H2;/q-2;+2. The second-order valence-corrected chi connectivity index (χ2v) is 5.48. The predicted molar refractivity (Wildman–Crippen MR) is 92.6 cm³/mol. The summed E-state index contributed by atoms with van der Waals surface area (Å²) in [5.41, 5.74) is 3.61. The fraction of sp³-hybridized carbons (Fsp3) is 0.263. The van der Waals surface area contributed by atoms with E-state index in [4.69, 9.17) is 0 Å². The third-order valence-corrected chi connectivity index (χ3v) is 3.67. The Morgan fingerprint density at radius 2 is 1.35 bits per heavy atom. The number of nitrogens with zero attached hydrogens (tertiary/aromatic N) is 3. The van der Waals surface area contributed by atoms with Crippen LogP contribution in [0.5, 0.6) is 0 Å². The summed E-state index contributed by atoms with van der Waals surface area (Å²) < 4.78 is 0. The molecule has 0 atom stereocenters. The molecule has 0 radical (unpaired) electrons. The van der Waals surface area contributed by atoms with Crippen LogP contribution >= 0.6 is 0 Å². The van der Waals surface area contributed by atoms with Crippen molar-refractivity contribution in [3.8, 4) is 0 Å². The van der Waals surface area contributed by atoms with Gasteiger partial charge in [-0.25, -0.2) is 0 Å². The summed E-state index contributed by atoms with van der Waals surface area (Å²) in [7, 11) is 0. The molecule has 2 aliphatic heterocycles. The Morgan fingerprint density at radius 1 is 0.783 bits per heavy atom. The molecule has 0 aromatic heterocycles. The third-order valence-electron chi connectivity index (χ3n) is 3.67. The van der Waals surface area contributed by atoms with Crippen molar-refractivity contribution in [1.82, 2.24) is 4.90 Å². The molecule has 2 aliphatic rings. The fourth-order valence-corrected chi connectivity index (χ4v) is 2.60. The zero-order valence-electron chi connectivity index (χ0n) is 13.4. The first-order valence-corrected chi connectivity index (χ1v) is 7.73. The number of hydrogen-bond acceptors (Lipinski definition) is 1. The van der Waals surface area contributed by atoms with E-state index in [2.05, 4.69) is 82.3 Å². The molecule has 0 saturated carbocycles. The first-order valence-electron chi connectivity index (χ1n) is 7.73. The molecule has 0 spiro atoms. The van der Waals surface area contributed by atoms with E-state index >= 15 is 0 Å². The Labute approximate surface area is 151 Å². The second kappa shape index (κ2) is 9.49. The van der Waals surface area contributed by atoms with Gasteiger partial charge in [0, 0.05) is 19.6 Å². The first-order chi connectivity index (χ1) is 10.9. The summed E-state index contributed by atoms with van der Waals surface area (Å²) in [6.45, 7) is 4.21. The van der Waals surface area contributed by atoms with E-state index in [1.807, 2.05) is 0 Å². The molecule has 0 fully saturated rings. The van der Waals surface area contributed by atoms with Gasteiger partial charge in [-0.1, -0.05) is 54.6 Å². The Kier molecular flexibility index (Phi) is 7.31. The van der Waals surface area contributed by atoms with Gasteiger partial charge in [0.15, 0.2) is 0 Å². The van der Waals surface area contributed by atoms with Crippen LogP contribution in [0.2, 0.25) is 0 Å². The average Bonchev–Trinajstić information content (AvgIpc) is 2.57. The van der Waals surface area contributed by atoms with Gasteiger partial charge in [-0.3, -0.25) is 4.90 Å². The molecule has 0 N–H and O–H groups in total. The first kappa shape index (κ1) is 17.7. The maximum Gasteiger partial charge on any atom is 2.00 e. The van der Waals surface area contributed by atoms with Crippen molar-refractivity contribution >= 4 is 0 Å². The number of allylic oxidation sites excluding steroid dienone is 4. The van der Waals surface area contributed by atoms with Crippen molar-refractivity contribution in [3.05, 3.63) is 94.4 Å². The van der Waals surface area contributed by atoms with Crippen molar-refractivity contribution in [2.45, 2.75) is 6.54 Å². The third kappa shape index (κ3) is 5.82. The molecule has 0 amide bonds. The summed E-state index contributed by atoms with van der Waals surface area (Å²) in [6.07, 6.45) is 12.6. The molecule has 1 aromatic rings. The molecule has 3 rings (SSSR count). The van der Waals surface area contributed by atoms with Crippen LogP contribution in [0.1, 0.15) is 5.56 Å². The van der Waals surface area contributed by atoms with E-state index < -0.39 is 0 Å². The van der Waals surface area contributed by atoms with E-state index in [1.54, 1.807) is 0 Å². The van der Waals surface area contributed by atoms with Crippen molar-refractivity contribution in [1.29, 1.82) is 0 Å². The SMILES string of the molecule is C1=CC[N-]C(CN(CC2=CC=CC[N-]2)Cc2ccccc2)=C1.[Zn+2]. The smallest absolute Gasteiger partial charge is 0.684 e. The van der Waals surface area contributed by atoms with Crippen LogP contribution in [0.15, 0.2) is 78.2 Å². The monoisotopic (exact) mass is 355 g/mol. The van der Waals surface area contributed by atoms with Gasteiger partial charge in [0.1, 0.15) is 0 Å². The van der Waals surface area contributed by atoms with Gasteiger partial charge < -0.3 is 10.6 Å². The molecule has 0 unspecified atom stereocenters. The zero-order valence-corrected chi connectivity index (χ0v) is 16.4. The minimum absolute atomic E-state index is 0. The summed E-state index contributed by atoms with van der Waals surface area (Å²) in [5.74, 6) is 0. The van der Waals surface area contributed by atoms with Gasteiger partial charge in [0.2, 0.25) is 0 Å². The summed E-state index contributed by atoms with van der Waals surface area (Å²) in [4.78, 5) is 2.40. The van der Waals surface area contributed by atoms with Gasteiger partial charge in [-0.15, -0.1) is 36.6 Å². The quantitative estimate of drug-likeness (QED) is 0.705. The average molecular weight is 357 g/mol. The molecule has 0 aliphatic carbocycles. The number of hydrogen-bond donors (Lipinski definition) is 0. The largest absolute Gasteiger partial charge is 2.00 e. The van der Waals surface area contributed by atoms with Crippen LogP contribution in [0, 0.1) is 0 Å². The van der Waals surface area contributed by atoms with Crippen LogP contribution in [-0.2, 0) is 26.0 Å². The van der Waals surface area contributed by atoms with Crippen LogP contribution in [0.25, 0.3) is 10.6 Å². The van der Waals surface area contributed by atoms with Gasteiger partial charge in [-0.05, 0) is 5.56 Å². The van der Waals surface area contributed by atoms with Crippen molar-refractivity contribution in [3.63, 3.8) is 0 Å². The Hall–Kier alpha value is -1.64. The van der Waals surface area contributed by atoms with Gasteiger partial charge >= 0.3 is 19.5 Å². The Morgan fingerprint density at radius 3 is 1.83 bits per heavy atom.